The van der Waals surface area contributed by atoms with Gasteiger partial charge in [-0.1, -0.05) is 45.0 Å². The summed E-state index contributed by atoms with van der Waals surface area (Å²) in [5, 5.41) is 9.29. The highest BCUT2D eigenvalue weighted by Crippen LogP contribution is 2.47. The first kappa shape index (κ1) is 23.3. The summed E-state index contributed by atoms with van der Waals surface area (Å²) >= 11 is 0. The maximum Gasteiger partial charge on any atom is 0.395 e. The molecule has 1 aliphatic carbocycles. The van der Waals surface area contributed by atoms with E-state index >= 15 is 0 Å². The van der Waals surface area contributed by atoms with Crippen LogP contribution in [-0.4, -0.2) is 55.3 Å². The third-order valence-electron chi connectivity index (χ3n) is 6.44. The third-order valence-corrected chi connectivity index (χ3v) is 7.19. The van der Waals surface area contributed by atoms with Crippen molar-refractivity contribution in [3.05, 3.63) is 35.4 Å². The van der Waals surface area contributed by atoms with Gasteiger partial charge >= 0.3 is 11.9 Å². The van der Waals surface area contributed by atoms with Crippen LogP contribution >= 0.6 is 0 Å². The van der Waals surface area contributed by atoms with Gasteiger partial charge in [-0.3, -0.25) is 19.3 Å². The van der Waals surface area contributed by atoms with Crippen molar-refractivity contribution in [2.75, 3.05) is 6.61 Å². The van der Waals surface area contributed by atoms with Gasteiger partial charge in [-0.2, -0.15) is 0 Å². The van der Waals surface area contributed by atoms with Crippen LogP contribution in [0.4, 0.5) is 0 Å². The highest BCUT2D eigenvalue weighted by molar-refractivity contribution is 6.48. The van der Waals surface area contributed by atoms with Crippen LogP contribution < -0.4 is 0 Å². The van der Waals surface area contributed by atoms with E-state index in [2.05, 4.69) is 0 Å². The number of fused-ring (bicyclic) bond motifs is 1. The molecule has 8 heteroatoms. The maximum atomic E-state index is 13.4. The molecule has 7 nitrogen and oxygen atoms in total. The zero-order valence-electron chi connectivity index (χ0n) is 18.7. The van der Waals surface area contributed by atoms with Gasteiger partial charge in [-0.05, 0) is 42.8 Å². The fourth-order valence-electron chi connectivity index (χ4n) is 4.81. The number of Topliss-reactive ketones (excluding diaryl/α,β-unsaturated/α-hetero) is 1. The van der Waals surface area contributed by atoms with E-state index in [4.69, 9.17) is 4.43 Å². The minimum absolute atomic E-state index is 0.128. The topological polar surface area (TPSA) is 101 Å². The number of benzene rings is 1. The number of carbonyl (C=O) groups is 4. The Morgan fingerprint density at radius 3 is 2.45 bits per heavy atom. The van der Waals surface area contributed by atoms with Crippen molar-refractivity contribution in [2.45, 2.75) is 52.7 Å². The number of carboxylic acid groups (broad SMARTS) is 1. The number of aliphatic carboxylic acids is 1. The quantitative estimate of drug-likeness (QED) is 0.426. The largest absolute Gasteiger partial charge is 0.474 e. The van der Waals surface area contributed by atoms with Crippen LogP contribution in [0, 0.1) is 23.2 Å². The minimum Gasteiger partial charge on any atom is -0.474 e. The van der Waals surface area contributed by atoms with E-state index in [0.29, 0.717) is 25.0 Å². The Kier molecular flexibility index (Phi) is 6.52. The Morgan fingerprint density at radius 1 is 1.23 bits per heavy atom. The Balaban J connectivity index is 2.00. The molecule has 0 spiro atoms. The van der Waals surface area contributed by atoms with Crippen LogP contribution in [0.3, 0.4) is 0 Å². The zero-order valence-corrected chi connectivity index (χ0v) is 19.7. The SMILES string of the molecule is C[Si](C)OC[C@H]([C@@H]1C(=O)N(C(=O)C(=O)O)[C@@H]1[C@@H]1CCc2ccccc2C1=O)C(C)(C)C. The lowest BCUT2D eigenvalue weighted by Gasteiger charge is -2.54. The minimum atomic E-state index is -1.68. The van der Waals surface area contributed by atoms with Gasteiger partial charge in [0, 0.05) is 18.1 Å². The molecule has 2 aliphatic rings. The van der Waals surface area contributed by atoms with Gasteiger partial charge in [0.2, 0.25) is 14.9 Å². The van der Waals surface area contributed by atoms with Gasteiger partial charge < -0.3 is 9.53 Å². The number of ketones is 1. The number of hydrogen-bond donors (Lipinski definition) is 1. The molecule has 0 bridgehead atoms. The zero-order chi connectivity index (χ0) is 23.1. The Hall–Kier alpha value is -2.32. The number of β-lactam (4-membered cyclic amide) rings is 1. The third kappa shape index (κ3) is 4.36. The van der Waals surface area contributed by atoms with Gasteiger partial charge in [0.15, 0.2) is 5.78 Å². The molecule has 1 radical (unpaired) electrons. The summed E-state index contributed by atoms with van der Waals surface area (Å²) < 4.78 is 5.94. The second-order valence-electron chi connectivity index (χ2n) is 9.69. The summed E-state index contributed by atoms with van der Waals surface area (Å²) in [6.45, 7) is 10.4. The molecule has 1 aromatic carbocycles. The molecule has 1 aromatic rings. The van der Waals surface area contributed by atoms with Gasteiger partial charge in [-0.25, -0.2) is 4.79 Å². The smallest absolute Gasteiger partial charge is 0.395 e. The molecule has 2 amide bonds. The highest BCUT2D eigenvalue weighted by Gasteiger charge is 2.61. The van der Waals surface area contributed by atoms with E-state index < -0.39 is 44.7 Å². The first-order valence-corrected chi connectivity index (χ1v) is 13.0. The number of amides is 2. The molecule has 1 fully saturated rings. The van der Waals surface area contributed by atoms with Crippen LogP contribution in [0.25, 0.3) is 0 Å². The van der Waals surface area contributed by atoms with Crippen molar-refractivity contribution >= 4 is 32.6 Å². The number of carboxylic acids is 1. The molecule has 31 heavy (non-hydrogen) atoms. The fraction of sp³-hybridized carbons (Fsp3) is 0.565. The molecule has 4 atom stereocenters. The first-order valence-electron chi connectivity index (χ1n) is 10.6. The second-order valence-corrected chi connectivity index (χ2v) is 11.8. The number of hydrogen-bond acceptors (Lipinski definition) is 5. The van der Waals surface area contributed by atoms with Crippen LogP contribution in [0.2, 0.25) is 13.1 Å². The van der Waals surface area contributed by atoms with E-state index in [0.717, 1.165) is 10.5 Å². The maximum absolute atomic E-state index is 13.4. The Labute approximate surface area is 184 Å². The van der Waals surface area contributed by atoms with E-state index in [-0.39, 0.29) is 17.1 Å². The molecule has 1 saturated heterocycles. The molecule has 1 aliphatic heterocycles. The molecule has 1 heterocycles. The number of nitrogens with zero attached hydrogens (tertiary/aromatic N) is 1. The van der Waals surface area contributed by atoms with Gasteiger partial charge in [0.1, 0.15) is 0 Å². The molecule has 0 unspecified atom stereocenters. The number of rotatable bonds is 5. The predicted octanol–water partition coefficient (Wildman–Crippen LogP) is 2.80. The van der Waals surface area contributed by atoms with Crippen LogP contribution in [-0.2, 0) is 25.2 Å². The predicted molar refractivity (Wildman–Crippen MR) is 116 cm³/mol. The number of likely N-dealkylation sites (tertiary alicyclic amines) is 1. The first-order chi connectivity index (χ1) is 14.4. The lowest BCUT2D eigenvalue weighted by Crippen LogP contribution is -2.71. The number of aryl methyl sites for hydroxylation is 1. The van der Waals surface area contributed by atoms with E-state index in [1.54, 1.807) is 12.1 Å². The van der Waals surface area contributed by atoms with Crippen molar-refractivity contribution in [3.63, 3.8) is 0 Å². The van der Waals surface area contributed by atoms with Crippen molar-refractivity contribution in [3.8, 4) is 0 Å². The van der Waals surface area contributed by atoms with E-state index in [1.165, 1.54) is 0 Å². The molecular weight excluding hydrogens is 414 g/mol. The normalized spacial score (nSPS) is 24.6. The van der Waals surface area contributed by atoms with Gasteiger partial charge in [0.25, 0.3) is 0 Å². The summed E-state index contributed by atoms with van der Waals surface area (Å²) in [5.41, 5.74) is 1.21. The van der Waals surface area contributed by atoms with Crippen molar-refractivity contribution in [1.29, 1.82) is 0 Å². The summed E-state index contributed by atoms with van der Waals surface area (Å²) in [6, 6.07) is 6.57. The van der Waals surface area contributed by atoms with Crippen molar-refractivity contribution in [2.24, 2.45) is 23.2 Å². The Morgan fingerprint density at radius 2 is 1.87 bits per heavy atom. The summed E-state index contributed by atoms with van der Waals surface area (Å²) in [4.78, 5) is 51.1. The van der Waals surface area contributed by atoms with E-state index in [9.17, 15) is 24.3 Å². The number of carbonyl (C=O) groups excluding carboxylic acids is 3. The van der Waals surface area contributed by atoms with Crippen molar-refractivity contribution in [1.82, 2.24) is 4.90 Å². The molecule has 0 aromatic heterocycles. The molecule has 167 valence electrons. The average molecular weight is 445 g/mol. The van der Waals surface area contributed by atoms with Gasteiger partial charge in [-0.15, -0.1) is 0 Å². The summed E-state index contributed by atoms with van der Waals surface area (Å²) in [7, 11) is -1.01. The molecule has 3 rings (SSSR count). The van der Waals surface area contributed by atoms with Crippen LogP contribution in [0.15, 0.2) is 24.3 Å². The standard InChI is InChI=1S/C23H30NO6Si/c1-23(2,3)16(12-30-31(4)5)17-18(24(20(17)26)21(27)22(28)29)15-11-10-13-8-6-7-9-14(13)19(15)25/h6-9,15-18H,10-12H2,1-5H3,(H,28,29)/t15-,16+,17-,18+/m0/s1. The lowest BCUT2D eigenvalue weighted by molar-refractivity contribution is -0.182. The van der Waals surface area contributed by atoms with Crippen LogP contribution in [0.1, 0.15) is 43.1 Å². The highest BCUT2D eigenvalue weighted by atomic mass is 28.3. The van der Waals surface area contributed by atoms with Gasteiger partial charge in [0.05, 0.1) is 12.0 Å². The van der Waals surface area contributed by atoms with Crippen LogP contribution in [0.5, 0.6) is 0 Å². The monoisotopic (exact) mass is 444 g/mol. The molecule has 0 saturated carbocycles. The lowest BCUT2D eigenvalue weighted by atomic mass is 9.61. The van der Waals surface area contributed by atoms with E-state index in [1.807, 2.05) is 46.0 Å². The van der Waals surface area contributed by atoms with Crippen molar-refractivity contribution < 1.29 is 28.7 Å². The average Bonchev–Trinajstić information content (AvgIpc) is 2.68. The second kappa shape index (κ2) is 8.67. The summed E-state index contributed by atoms with van der Waals surface area (Å²) in [6.07, 6.45) is 1.12. The summed E-state index contributed by atoms with van der Waals surface area (Å²) in [5.74, 6) is -5.08. The fourth-order valence-corrected chi connectivity index (χ4v) is 5.32. The Bertz CT molecular complexity index is 906. The molecule has 1 N–H and O–H groups in total. The number of imide groups is 1. The molecular formula is C23H30NO6Si.